The van der Waals surface area contributed by atoms with E-state index in [1.54, 1.807) is 37.3 Å². The van der Waals surface area contributed by atoms with Gasteiger partial charge in [0.25, 0.3) is 5.91 Å². The third kappa shape index (κ3) is 4.90. The lowest BCUT2D eigenvalue weighted by atomic mass is 10.1. The average molecular weight is 432 g/mol. The van der Waals surface area contributed by atoms with E-state index in [2.05, 4.69) is 15.6 Å². The van der Waals surface area contributed by atoms with Crippen LogP contribution in [0.4, 0.5) is 4.79 Å². The number of imide groups is 1. The molecule has 0 aliphatic rings. The Morgan fingerprint density at radius 1 is 1.21 bits per heavy atom. The van der Waals surface area contributed by atoms with Gasteiger partial charge in [-0.25, -0.2) is 14.6 Å². The number of urea groups is 1. The van der Waals surface area contributed by atoms with Crippen molar-refractivity contribution in [1.29, 1.82) is 0 Å². The molecule has 2 N–H and O–H groups in total. The molecular formula is C20H18ClN3O4S. The number of esters is 1. The van der Waals surface area contributed by atoms with Crippen molar-refractivity contribution >= 4 is 51.7 Å². The first kappa shape index (κ1) is 20.8. The lowest BCUT2D eigenvalue weighted by Gasteiger charge is -2.14. The Morgan fingerprint density at radius 2 is 1.97 bits per heavy atom. The van der Waals surface area contributed by atoms with Crippen molar-refractivity contribution in [3.8, 4) is 10.6 Å². The maximum absolute atomic E-state index is 12.8. The van der Waals surface area contributed by atoms with Crippen LogP contribution in [-0.2, 0) is 9.53 Å². The van der Waals surface area contributed by atoms with E-state index in [0.717, 1.165) is 4.88 Å². The van der Waals surface area contributed by atoms with Crippen LogP contribution >= 0.6 is 22.9 Å². The fourth-order valence-electron chi connectivity index (χ4n) is 2.62. The molecule has 29 heavy (non-hydrogen) atoms. The molecule has 3 rings (SSSR count). The second-order valence-electron chi connectivity index (χ2n) is 6.07. The van der Waals surface area contributed by atoms with E-state index in [1.165, 1.54) is 18.3 Å². The molecular weight excluding hydrogens is 414 g/mol. The second kappa shape index (κ2) is 9.02. The largest absolute Gasteiger partial charge is 0.449 e. The zero-order chi connectivity index (χ0) is 21.0. The maximum Gasteiger partial charge on any atom is 0.339 e. The first-order valence-electron chi connectivity index (χ1n) is 8.84. The molecule has 9 heteroatoms. The van der Waals surface area contributed by atoms with E-state index in [1.807, 2.05) is 12.1 Å². The highest BCUT2D eigenvalue weighted by molar-refractivity contribution is 7.19. The number of hydrogen-bond donors (Lipinski definition) is 2. The molecule has 2 heterocycles. The minimum Gasteiger partial charge on any atom is -0.449 e. The lowest BCUT2D eigenvalue weighted by Crippen LogP contribution is -2.44. The van der Waals surface area contributed by atoms with E-state index in [0.29, 0.717) is 27.5 Å². The predicted octanol–water partition coefficient (Wildman–Crippen LogP) is 4.01. The summed E-state index contributed by atoms with van der Waals surface area (Å²) in [5.41, 5.74) is 1.46. The second-order valence-corrected chi connectivity index (χ2v) is 7.79. The number of carbonyl (C=O) groups is 3. The third-order valence-electron chi connectivity index (χ3n) is 3.99. The molecule has 0 radical (unpaired) electrons. The highest BCUT2D eigenvalue weighted by Gasteiger charge is 2.23. The molecule has 0 aliphatic carbocycles. The number of carbonyl (C=O) groups excluding carboxylic acids is 3. The molecule has 0 saturated heterocycles. The van der Waals surface area contributed by atoms with Crippen molar-refractivity contribution in [2.45, 2.75) is 20.0 Å². The molecule has 1 unspecified atom stereocenters. The van der Waals surface area contributed by atoms with Gasteiger partial charge in [0, 0.05) is 11.9 Å². The zero-order valence-electron chi connectivity index (χ0n) is 15.7. The fourth-order valence-corrected chi connectivity index (χ4v) is 3.62. The Hall–Kier alpha value is -2.97. The number of thiophene rings is 1. The Bertz CT molecular complexity index is 1080. The predicted molar refractivity (Wildman–Crippen MR) is 112 cm³/mol. The Balaban J connectivity index is 1.88. The molecule has 150 valence electrons. The van der Waals surface area contributed by atoms with Crippen LogP contribution in [0.3, 0.4) is 0 Å². The number of rotatable bonds is 5. The van der Waals surface area contributed by atoms with Crippen LogP contribution in [0.5, 0.6) is 0 Å². The van der Waals surface area contributed by atoms with Crippen molar-refractivity contribution in [2.24, 2.45) is 0 Å². The summed E-state index contributed by atoms with van der Waals surface area (Å²) in [7, 11) is 0. The monoisotopic (exact) mass is 431 g/mol. The van der Waals surface area contributed by atoms with E-state index in [4.69, 9.17) is 16.3 Å². The van der Waals surface area contributed by atoms with E-state index in [9.17, 15) is 14.4 Å². The number of pyridine rings is 1. The standard InChI is InChI=1S/C20H18ClN3O4S/c1-3-22-20(27)24-18(25)11(2)28-19(26)13-10-15(16-8-9-17(21)29-16)23-14-7-5-4-6-12(13)14/h4-11H,3H2,1-2H3,(H2,22,24,25,27). The van der Waals surface area contributed by atoms with Crippen molar-refractivity contribution in [2.75, 3.05) is 6.54 Å². The minimum atomic E-state index is -1.16. The van der Waals surface area contributed by atoms with Gasteiger partial charge < -0.3 is 10.1 Å². The van der Waals surface area contributed by atoms with Crippen LogP contribution in [0.2, 0.25) is 4.34 Å². The molecule has 2 aromatic heterocycles. The third-order valence-corrected chi connectivity index (χ3v) is 5.24. The summed E-state index contributed by atoms with van der Waals surface area (Å²) in [5.74, 6) is -1.40. The first-order chi connectivity index (χ1) is 13.9. The number of aromatic nitrogens is 1. The molecule has 0 spiro atoms. The topological polar surface area (TPSA) is 97.4 Å². The summed E-state index contributed by atoms with van der Waals surface area (Å²) in [4.78, 5) is 41.8. The van der Waals surface area contributed by atoms with Gasteiger partial charge >= 0.3 is 12.0 Å². The lowest BCUT2D eigenvalue weighted by molar-refractivity contribution is -0.127. The van der Waals surface area contributed by atoms with E-state index < -0.39 is 24.0 Å². The van der Waals surface area contributed by atoms with Crippen LogP contribution in [0.1, 0.15) is 24.2 Å². The molecule has 7 nitrogen and oxygen atoms in total. The Labute approximate surface area is 176 Å². The molecule has 1 atom stereocenters. The van der Waals surface area contributed by atoms with Crippen molar-refractivity contribution in [3.63, 3.8) is 0 Å². The van der Waals surface area contributed by atoms with Gasteiger partial charge in [-0.05, 0) is 38.1 Å². The fraction of sp³-hybridized carbons (Fsp3) is 0.200. The normalized spacial score (nSPS) is 11.7. The van der Waals surface area contributed by atoms with Crippen molar-refractivity contribution in [1.82, 2.24) is 15.6 Å². The zero-order valence-corrected chi connectivity index (χ0v) is 17.3. The highest BCUT2D eigenvalue weighted by atomic mass is 35.5. The van der Waals surface area contributed by atoms with Crippen LogP contribution in [-0.4, -0.2) is 35.5 Å². The summed E-state index contributed by atoms with van der Waals surface area (Å²) in [6.45, 7) is 3.49. The van der Waals surface area contributed by atoms with Gasteiger partial charge in [-0.2, -0.15) is 0 Å². The summed E-state index contributed by atoms with van der Waals surface area (Å²) in [6.07, 6.45) is -1.16. The van der Waals surface area contributed by atoms with E-state index >= 15 is 0 Å². The van der Waals surface area contributed by atoms with E-state index in [-0.39, 0.29) is 5.56 Å². The SMILES string of the molecule is CCNC(=O)NC(=O)C(C)OC(=O)c1cc(-c2ccc(Cl)s2)nc2ccccc12. The summed E-state index contributed by atoms with van der Waals surface area (Å²) >= 11 is 7.36. The Kier molecular flexibility index (Phi) is 6.46. The molecule has 0 bridgehead atoms. The van der Waals surface area contributed by atoms with Gasteiger partial charge in [0.05, 0.1) is 26.0 Å². The van der Waals surface area contributed by atoms with Gasteiger partial charge in [0.15, 0.2) is 6.10 Å². The molecule has 0 aliphatic heterocycles. The smallest absolute Gasteiger partial charge is 0.339 e. The number of benzene rings is 1. The molecule has 3 aromatic rings. The first-order valence-corrected chi connectivity index (χ1v) is 10.0. The number of para-hydroxylation sites is 1. The van der Waals surface area contributed by atoms with Crippen LogP contribution in [0, 0.1) is 0 Å². The number of halogens is 1. The number of hydrogen-bond acceptors (Lipinski definition) is 6. The molecule has 0 fully saturated rings. The minimum absolute atomic E-state index is 0.271. The highest BCUT2D eigenvalue weighted by Crippen LogP contribution is 2.32. The quantitative estimate of drug-likeness (QED) is 0.595. The van der Waals surface area contributed by atoms with Gasteiger partial charge in [0.2, 0.25) is 0 Å². The number of nitrogens with zero attached hydrogens (tertiary/aromatic N) is 1. The maximum atomic E-state index is 12.8. The summed E-state index contributed by atoms with van der Waals surface area (Å²) in [6, 6.07) is 11.7. The Morgan fingerprint density at radius 3 is 2.66 bits per heavy atom. The van der Waals surface area contributed by atoms with Crippen LogP contribution in [0.25, 0.3) is 21.5 Å². The molecule has 3 amide bonds. The van der Waals surface area contributed by atoms with Crippen molar-refractivity contribution in [3.05, 3.63) is 52.4 Å². The van der Waals surface area contributed by atoms with Crippen LogP contribution in [0.15, 0.2) is 42.5 Å². The van der Waals surface area contributed by atoms with Gasteiger partial charge in [-0.3, -0.25) is 10.1 Å². The summed E-state index contributed by atoms with van der Waals surface area (Å²) < 4.78 is 5.91. The average Bonchev–Trinajstić information content (AvgIpc) is 3.13. The summed E-state index contributed by atoms with van der Waals surface area (Å²) in [5, 5.41) is 5.16. The number of nitrogens with one attached hydrogen (secondary N) is 2. The van der Waals surface area contributed by atoms with Crippen molar-refractivity contribution < 1.29 is 19.1 Å². The van der Waals surface area contributed by atoms with Gasteiger partial charge in [-0.15, -0.1) is 11.3 Å². The molecule has 0 saturated carbocycles. The van der Waals surface area contributed by atoms with Crippen LogP contribution < -0.4 is 10.6 Å². The number of ether oxygens (including phenoxy) is 1. The van der Waals surface area contributed by atoms with Gasteiger partial charge in [0.1, 0.15) is 0 Å². The number of amides is 3. The number of fused-ring (bicyclic) bond motifs is 1. The molecule has 1 aromatic carbocycles. The van der Waals surface area contributed by atoms with Gasteiger partial charge in [-0.1, -0.05) is 29.8 Å².